The molecule has 0 heterocycles. The lowest BCUT2D eigenvalue weighted by molar-refractivity contribution is -0.00735. The maximum Gasteiger partial charge on any atom is 0.161 e. The Kier molecular flexibility index (Phi) is 22.0. The van der Waals surface area contributed by atoms with Crippen LogP contribution in [0.3, 0.4) is 0 Å². The average Bonchev–Trinajstić information content (AvgIpc) is 3.10. The molecule has 3 aromatic rings. The van der Waals surface area contributed by atoms with Crippen LogP contribution in [0.15, 0.2) is 72.8 Å². The lowest BCUT2D eigenvalue weighted by Gasteiger charge is -2.13. The first-order chi connectivity index (χ1) is 23.7. The molecule has 0 saturated carbocycles. The quantitative estimate of drug-likeness (QED) is 0.0836. The van der Waals surface area contributed by atoms with Crippen molar-refractivity contribution in [3.05, 3.63) is 95.1 Å². The topological polar surface area (TPSA) is 92.3 Å². The van der Waals surface area contributed by atoms with Gasteiger partial charge in [-0.15, -0.1) is 0 Å². The summed E-state index contributed by atoms with van der Waals surface area (Å²) in [5.74, 6) is 1.34. The zero-order chi connectivity index (χ0) is 33.7. The Balaban J connectivity index is 1.04. The summed E-state index contributed by atoms with van der Waals surface area (Å²) in [6, 6.07) is 24.2. The molecule has 0 aliphatic heterocycles. The van der Waals surface area contributed by atoms with Crippen molar-refractivity contribution in [3.8, 4) is 11.5 Å². The Morgan fingerprint density at radius 3 is 0.896 bits per heavy atom. The van der Waals surface area contributed by atoms with Crippen LogP contribution in [0.1, 0.15) is 22.3 Å². The van der Waals surface area contributed by atoms with Gasteiger partial charge in [0.2, 0.25) is 0 Å². The van der Waals surface area contributed by atoms with Gasteiger partial charge in [-0.25, -0.2) is 0 Å². The summed E-state index contributed by atoms with van der Waals surface area (Å²) in [6.07, 6.45) is 0. The monoisotopic (exact) mass is 670 g/mol. The molecule has 0 aliphatic carbocycles. The summed E-state index contributed by atoms with van der Waals surface area (Å²) in [4.78, 5) is 0. The van der Waals surface area contributed by atoms with Crippen LogP contribution in [0.25, 0.3) is 0 Å². The predicted octanol–water partition coefficient (Wildman–Crippen LogP) is 5.59. The molecule has 0 N–H and O–H groups in total. The van der Waals surface area contributed by atoms with E-state index < -0.39 is 0 Å². The molecule has 266 valence electrons. The maximum absolute atomic E-state index is 5.85. The van der Waals surface area contributed by atoms with Crippen molar-refractivity contribution in [1.29, 1.82) is 0 Å². The van der Waals surface area contributed by atoms with E-state index in [0.717, 1.165) is 11.1 Å². The highest BCUT2D eigenvalue weighted by molar-refractivity contribution is 5.39. The molecule has 10 nitrogen and oxygen atoms in total. The number of rotatable bonds is 30. The highest BCUT2D eigenvalue weighted by Gasteiger charge is 2.04. The molecule has 0 saturated heterocycles. The summed E-state index contributed by atoms with van der Waals surface area (Å²) >= 11 is 0. The van der Waals surface area contributed by atoms with E-state index in [1.54, 1.807) is 0 Å². The van der Waals surface area contributed by atoms with Gasteiger partial charge in [0, 0.05) is 0 Å². The van der Waals surface area contributed by atoms with Crippen molar-refractivity contribution in [2.45, 2.75) is 27.1 Å². The van der Waals surface area contributed by atoms with E-state index in [2.05, 4.69) is 62.4 Å². The van der Waals surface area contributed by atoms with Crippen LogP contribution in [-0.2, 0) is 51.1 Å². The molecule has 0 spiro atoms. The summed E-state index contributed by atoms with van der Waals surface area (Å²) in [7, 11) is 0. The number of aryl methyl sites for hydroxylation is 2. The predicted molar refractivity (Wildman–Crippen MR) is 184 cm³/mol. The molecule has 0 aliphatic rings. The zero-order valence-corrected chi connectivity index (χ0v) is 28.7. The zero-order valence-electron chi connectivity index (χ0n) is 28.7. The average molecular weight is 671 g/mol. The summed E-state index contributed by atoms with van der Waals surface area (Å²) in [6.45, 7) is 13.3. The Morgan fingerprint density at radius 1 is 0.312 bits per heavy atom. The van der Waals surface area contributed by atoms with Crippen molar-refractivity contribution in [3.63, 3.8) is 0 Å². The van der Waals surface area contributed by atoms with E-state index >= 15 is 0 Å². The third-order valence-corrected chi connectivity index (χ3v) is 6.83. The summed E-state index contributed by atoms with van der Waals surface area (Å²) in [5.41, 5.74) is 4.82. The lowest BCUT2D eigenvalue weighted by atomic mass is 10.2. The molecule has 0 amide bonds. The van der Waals surface area contributed by atoms with Crippen molar-refractivity contribution < 1.29 is 47.4 Å². The molecule has 0 atom stereocenters. The number of para-hydroxylation sites is 2. The van der Waals surface area contributed by atoms with Gasteiger partial charge in [-0.05, 0) is 37.1 Å². The van der Waals surface area contributed by atoms with Gasteiger partial charge in [0.15, 0.2) is 11.5 Å². The number of ether oxygens (including phenoxy) is 10. The molecule has 0 radical (unpaired) electrons. The first-order valence-corrected chi connectivity index (χ1v) is 16.8. The maximum atomic E-state index is 5.85. The van der Waals surface area contributed by atoms with Crippen molar-refractivity contribution >= 4 is 0 Å². The first kappa shape index (κ1) is 39.4. The van der Waals surface area contributed by atoms with E-state index in [9.17, 15) is 0 Å². The lowest BCUT2D eigenvalue weighted by Crippen LogP contribution is -2.14. The molecular weight excluding hydrogens is 616 g/mol. The fourth-order valence-corrected chi connectivity index (χ4v) is 4.18. The molecular formula is C38H54O10. The van der Waals surface area contributed by atoms with E-state index in [-0.39, 0.29) is 0 Å². The van der Waals surface area contributed by atoms with Crippen LogP contribution >= 0.6 is 0 Å². The standard InChI is InChI=1S/C38H54O10/c1-33-7-11-35(12-8-33)31-45-25-23-41-17-15-39-19-21-43-27-29-47-37-5-3-4-6-38(37)48-30-28-44-22-20-40-16-18-42-24-26-46-32-36-13-9-34(2)10-14-36/h3-14H,15-32H2,1-2H3. The second kappa shape index (κ2) is 26.8. The van der Waals surface area contributed by atoms with E-state index in [1.165, 1.54) is 11.1 Å². The molecule has 10 heteroatoms. The third kappa shape index (κ3) is 19.7. The smallest absolute Gasteiger partial charge is 0.161 e. The molecule has 3 aromatic carbocycles. The number of hydrogen-bond donors (Lipinski definition) is 0. The molecule has 3 rings (SSSR count). The Hall–Kier alpha value is -3.06. The van der Waals surface area contributed by atoms with E-state index in [0.29, 0.717) is 130 Å². The largest absolute Gasteiger partial charge is 0.487 e. The van der Waals surface area contributed by atoms with Gasteiger partial charge in [0.05, 0.1) is 106 Å². The van der Waals surface area contributed by atoms with Gasteiger partial charge < -0.3 is 47.4 Å². The number of hydrogen-bond acceptors (Lipinski definition) is 10. The molecule has 0 unspecified atom stereocenters. The minimum absolute atomic E-state index is 0.407. The second-order valence-corrected chi connectivity index (χ2v) is 10.9. The fourth-order valence-electron chi connectivity index (χ4n) is 4.18. The molecule has 0 aromatic heterocycles. The van der Waals surface area contributed by atoms with Crippen LogP contribution in [0.5, 0.6) is 11.5 Å². The third-order valence-electron chi connectivity index (χ3n) is 6.83. The van der Waals surface area contributed by atoms with Gasteiger partial charge in [0.25, 0.3) is 0 Å². The normalized spacial score (nSPS) is 11.2. The van der Waals surface area contributed by atoms with Gasteiger partial charge in [-0.2, -0.15) is 0 Å². The molecule has 48 heavy (non-hydrogen) atoms. The number of benzene rings is 3. The molecule has 0 bridgehead atoms. The van der Waals surface area contributed by atoms with Gasteiger partial charge >= 0.3 is 0 Å². The van der Waals surface area contributed by atoms with Crippen molar-refractivity contribution in [1.82, 2.24) is 0 Å². The van der Waals surface area contributed by atoms with E-state index in [1.807, 2.05) is 24.3 Å². The Bertz CT molecular complexity index is 1080. The van der Waals surface area contributed by atoms with Crippen LogP contribution in [0, 0.1) is 13.8 Å². The summed E-state index contributed by atoms with van der Waals surface area (Å²) in [5, 5.41) is 0. The van der Waals surface area contributed by atoms with Crippen LogP contribution in [0.2, 0.25) is 0 Å². The van der Waals surface area contributed by atoms with Gasteiger partial charge in [0.1, 0.15) is 13.2 Å². The highest BCUT2D eigenvalue weighted by Crippen LogP contribution is 2.26. The SMILES string of the molecule is Cc1ccc(COCCOCCOCCOCCOc2ccccc2OCCOCCOCCOCCOCc2ccc(C)cc2)cc1. The van der Waals surface area contributed by atoms with Crippen LogP contribution in [0.4, 0.5) is 0 Å². The van der Waals surface area contributed by atoms with Crippen molar-refractivity contribution in [2.24, 2.45) is 0 Å². The highest BCUT2D eigenvalue weighted by atomic mass is 16.6. The first-order valence-electron chi connectivity index (χ1n) is 16.8. The molecule has 0 fully saturated rings. The minimum atomic E-state index is 0.407. The van der Waals surface area contributed by atoms with Gasteiger partial charge in [-0.1, -0.05) is 71.8 Å². The van der Waals surface area contributed by atoms with Gasteiger partial charge in [-0.3, -0.25) is 0 Å². The Labute approximate surface area is 286 Å². The van der Waals surface area contributed by atoms with E-state index in [4.69, 9.17) is 47.4 Å². The van der Waals surface area contributed by atoms with Crippen LogP contribution in [-0.4, -0.2) is 106 Å². The van der Waals surface area contributed by atoms with Crippen molar-refractivity contribution in [2.75, 3.05) is 106 Å². The minimum Gasteiger partial charge on any atom is -0.487 e. The fraction of sp³-hybridized carbons (Fsp3) is 0.526. The second-order valence-electron chi connectivity index (χ2n) is 10.9. The summed E-state index contributed by atoms with van der Waals surface area (Å²) < 4.78 is 56.3. The Morgan fingerprint density at radius 2 is 0.583 bits per heavy atom. The van der Waals surface area contributed by atoms with Crippen LogP contribution < -0.4 is 9.47 Å².